The van der Waals surface area contributed by atoms with Gasteiger partial charge in [0.05, 0.1) is 11.8 Å². The lowest BCUT2D eigenvalue weighted by molar-refractivity contribution is 0.0246. The Morgan fingerprint density at radius 1 is 1.19 bits per heavy atom. The highest BCUT2D eigenvalue weighted by Crippen LogP contribution is 2.42. The molecular weight excluding hydrogens is 360 g/mol. The third-order valence-electron chi connectivity index (χ3n) is 5.75. The van der Waals surface area contributed by atoms with Crippen molar-refractivity contribution in [2.45, 2.75) is 43.6 Å². The van der Waals surface area contributed by atoms with Crippen molar-refractivity contribution in [3.8, 4) is 0 Å². The number of piperidine rings is 1. The van der Waals surface area contributed by atoms with E-state index in [2.05, 4.69) is 27.8 Å². The molecule has 2 aliphatic rings. The van der Waals surface area contributed by atoms with Crippen LogP contribution < -0.4 is 10.6 Å². The zero-order valence-electron chi connectivity index (χ0n) is 15.6. The maximum absolute atomic E-state index is 6.60. The molecule has 2 fully saturated rings. The molecule has 27 heavy (non-hydrogen) atoms. The number of benzene rings is 1. The summed E-state index contributed by atoms with van der Waals surface area (Å²) >= 11 is 6.60. The van der Waals surface area contributed by atoms with Gasteiger partial charge in [0, 0.05) is 29.8 Å². The monoisotopic (exact) mass is 386 g/mol. The van der Waals surface area contributed by atoms with Crippen molar-refractivity contribution in [1.29, 1.82) is 0 Å². The fourth-order valence-corrected chi connectivity index (χ4v) is 4.57. The van der Waals surface area contributed by atoms with Crippen LogP contribution in [0.25, 0.3) is 0 Å². The van der Waals surface area contributed by atoms with Crippen molar-refractivity contribution >= 4 is 17.5 Å². The molecule has 0 saturated carbocycles. The quantitative estimate of drug-likeness (QED) is 0.818. The largest absolute Gasteiger partial charge is 0.376 e. The fraction of sp³-hybridized carbons (Fsp3) is 0.524. The van der Waals surface area contributed by atoms with Crippen molar-refractivity contribution < 1.29 is 4.74 Å². The van der Waals surface area contributed by atoms with E-state index in [0.717, 1.165) is 68.2 Å². The maximum Gasteiger partial charge on any atom is 0.222 e. The molecule has 2 aliphatic heterocycles. The van der Waals surface area contributed by atoms with Crippen LogP contribution in [0.2, 0.25) is 5.02 Å². The third kappa shape index (κ3) is 4.10. The lowest BCUT2D eigenvalue weighted by atomic mass is 9.70. The van der Waals surface area contributed by atoms with Crippen molar-refractivity contribution in [3.05, 3.63) is 52.8 Å². The normalized spacial score (nSPS) is 22.3. The van der Waals surface area contributed by atoms with Gasteiger partial charge in [0.15, 0.2) is 0 Å². The molecule has 1 unspecified atom stereocenters. The molecule has 5 nitrogen and oxygen atoms in total. The van der Waals surface area contributed by atoms with Gasteiger partial charge in [0.2, 0.25) is 5.95 Å². The standard InChI is InChI=1S/C21H27ClN4O/c22-18-7-2-1-6-17(18)21(9-12-23-13-10-21)19-8-11-24-20(26-19)25-15-16-5-3-4-14-27-16/h1-2,6-8,11,16,23H,3-5,9-10,12-15H2,(H,24,25,26). The Balaban J connectivity index is 1.60. The molecule has 2 N–H and O–H groups in total. The predicted octanol–water partition coefficient (Wildman–Crippen LogP) is 3.78. The van der Waals surface area contributed by atoms with Crippen LogP contribution in [-0.2, 0) is 10.2 Å². The Kier molecular flexibility index (Phi) is 5.91. The van der Waals surface area contributed by atoms with Gasteiger partial charge in [-0.05, 0) is 62.9 Å². The molecule has 1 aromatic heterocycles. The highest BCUT2D eigenvalue weighted by molar-refractivity contribution is 6.31. The predicted molar refractivity (Wildman–Crippen MR) is 108 cm³/mol. The lowest BCUT2D eigenvalue weighted by Gasteiger charge is -2.38. The van der Waals surface area contributed by atoms with E-state index in [0.29, 0.717) is 5.95 Å². The first-order valence-corrected chi connectivity index (χ1v) is 10.3. The molecule has 0 amide bonds. The minimum atomic E-state index is -0.176. The Bertz CT molecular complexity index is 757. The fourth-order valence-electron chi connectivity index (χ4n) is 4.25. The van der Waals surface area contributed by atoms with Crippen LogP contribution in [0.15, 0.2) is 36.5 Å². The van der Waals surface area contributed by atoms with Gasteiger partial charge in [-0.2, -0.15) is 0 Å². The van der Waals surface area contributed by atoms with Gasteiger partial charge >= 0.3 is 0 Å². The topological polar surface area (TPSA) is 59.1 Å². The molecule has 0 bridgehead atoms. The van der Waals surface area contributed by atoms with Gasteiger partial charge in [0.25, 0.3) is 0 Å². The van der Waals surface area contributed by atoms with Crippen molar-refractivity contribution in [1.82, 2.24) is 15.3 Å². The summed E-state index contributed by atoms with van der Waals surface area (Å²) in [5.74, 6) is 0.673. The number of halogens is 1. The van der Waals surface area contributed by atoms with Crippen LogP contribution in [0.3, 0.4) is 0 Å². The van der Waals surface area contributed by atoms with E-state index in [1.807, 2.05) is 24.4 Å². The van der Waals surface area contributed by atoms with Crippen LogP contribution >= 0.6 is 11.6 Å². The number of ether oxygens (including phenoxy) is 1. The molecule has 2 saturated heterocycles. The van der Waals surface area contributed by atoms with E-state index < -0.39 is 0 Å². The van der Waals surface area contributed by atoms with E-state index in [4.69, 9.17) is 21.3 Å². The Labute approximate surface area is 165 Å². The molecule has 1 aromatic carbocycles. The first kappa shape index (κ1) is 18.7. The Morgan fingerprint density at radius 2 is 2.04 bits per heavy atom. The minimum Gasteiger partial charge on any atom is -0.376 e. The first-order valence-electron chi connectivity index (χ1n) is 9.93. The van der Waals surface area contributed by atoms with Crippen LogP contribution in [-0.4, -0.2) is 42.3 Å². The number of rotatable bonds is 5. The maximum atomic E-state index is 6.60. The molecular formula is C21H27ClN4O. The summed E-state index contributed by atoms with van der Waals surface area (Å²) < 4.78 is 5.81. The summed E-state index contributed by atoms with van der Waals surface area (Å²) in [4.78, 5) is 9.35. The molecule has 144 valence electrons. The van der Waals surface area contributed by atoms with Crippen molar-refractivity contribution in [3.63, 3.8) is 0 Å². The molecule has 4 rings (SSSR count). The molecule has 0 spiro atoms. The Hall–Kier alpha value is -1.69. The molecule has 0 radical (unpaired) electrons. The number of hydrogen-bond donors (Lipinski definition) is 2. The lowest BCUT2D eigenvalue weighted by Crippen LogP contribution is -2.41. The van der Waals surface area contributed by atoms with E-state index in [1.54, 1.807) is 0 Å². The summed E-state index contributed by atoms with van der Waals surface area (Å²) in [5, 5.41) is 7.65. The number of aromatic nitrogens is 2. The smallest absolute Gasteiger partial charge is 0.222 e. The second kappa shape index (κ2) is 8.55. The second-order valence-electron chi connectivity index (χ2n) is 7.45. The van der Waals surface area contributed by atoms with Crippen LogP contribution in [0.5, 0.6) is 0 Å². The van der Waals surface area contributed by atoms with Crippen molar-refractivity contribution in [2.75, 3.05) is 31.6 Å². The SMILES string of the molecule is Clc1ccccc1C1(c2ccnc(NCC3CCCCO3)n2)CCNCC1. The number of nitrogens with zero attached hydrogens (tertiary/aromatic N) is 2. The van der Waals surface area contributed by atoms with Crippen LogP contribution in [0.4, 0.5) is 5.95 Å². The van der Waals surface area contributed by atoms with Crippen LogP contribution in [0.1, 0.15) is 43.4 Å². The zero-order valence-corrected chi connectivity index (χ0v) is 16.3. The highest BCUT2D eigenvalue weighted by atomic mass is 35.5. The molecule has 6 heteroatoms. The van der Waals surface area contributed by atoms with Gasteiger partial charge in [0.1, 0.15) is 0 Å². The Morgan fingerprint density at radius 3 is 2.81 bits per heavy atom. The molecule has 3 heterocycles. The summed E-state index contributed by atoms with van der Waals surface area (Å²) in [6, 6.07) is 10.2. The van der Waals surface area contributed by atoms with E-state index in [9.17, 15) is 0 Å². The summed E-state index contributed by atoms with van der Waals surface area (Å²) in [6.07, 6.45) is 7.54. The van der Waals surface area contributed by atoms with E-state index in [1.165, 1.54) is 6.42 Å². The van der Waals surface area contributed by atoms with Gasteiger partial charge in [-0.1, -0.05) is 29.8 Å². The van der Waals surface area contributed by atoms with Gasteiger partial charge in [-0.3, -0.25) is 0 Å². The average molecular weight is 387 g/mol. The second-order valence-corrected chi connectivity index (χ2v) is 7.85. The summed E-state index contributed by atoms with van der Waals surface area (Å²) in [6.45, 7) is 3.52. The molecule has 0 aliphatic carbocycles. The number of nitrogens with one attached hydrogen (secondary N) is 2. The van der Waals surface area contributed by atoms with Crippen molar-refractivity contribution in [2.24, 2.45) is 0 Å². The van der Waals surface area contributed by atoms with E-state index in [-0.39, 0.29) is 11.5 Å². The van der Waals surface area contributed by atoms with Gasteiger partial charge < -0.3 is 15.4 Å². The van der Waals surface area contributed by atoms with Gasteiger partial charge in [-0.25, -0.2) is 9.97 Å². The zero-order chi connectivity index (χ0) is 18.5. The third-order valence-corrected chi connectivity index (χ3v) is 6.08. The summed E-state index contributed by atoms with van der Waals surface area (Å²) in [7, 11) is 0. The van der Waals surface area contributed by atoms with E-state index >= 15 is 0 Å². The average Bonchev–Trinajstić information content (AvgIpc) is 2.74. The minimum absolute atomic E-state index is 0.176. The number of anilines is 1. The summed E-state index contributed by atoms with van der Waals surface area (Å²) in [5.41, 5.74) is 2.03. The van der Waals surface area contributed by atoms with Crippen LogP contribution in [0, 0.1) is 0 Å². The molecule has 2 aromatic rings. The van der Waals surface area contributed by atoms with Gasteiger partial charge in [-0.15, -0.1) is 0 Å². The molecule has 1 atom stereocenters. The first-order chi connectivity index (χ1) is 13.3. The number of hydrogen-bond acceptors (Lipinski definition) is 5. The highest BCUT2D eigenvalue weighted by Gasteiger charge is 2.38.